The topological polar surface area (TPSA) is 128 Å². The van der Waals surface area contributed by atoms with Gasteiger partial charge in [-0.25, -0.2) is 26.4 Å². The Kier molecular flexibility index (Phi) is 7.91. The molecule has 234 valence electrons. The van der Waals surface area contributed by atoms with E-state index in [-0.39, 0.29) is 46.5 Å². The summed E-state index contributed by atoms with van der Waals surface area (Å²) in [6, 6.07) is 4.68. The van der Waals surface area contributed by atoms with E-state index in [0.29, 0.717) is 18.6 Å². The molecule has 2 N–H and O–H groups in total. The minimum Gasteiger partial charge on any atom is -0.467 e. The number of fused-ring (bicyclic) bond motifs is 2. The normalized spacial score (nSPS) is 31.6. The number of hydrogen-bond acceptors (Lipinski definition) is 8. The van der Waals surface area contributed by atoms with Gasteiger partial charge in [0, 0.05) is 23.4 Å². The number of hydrogen-bond donors (Lipinski definition) is 2. The number of anilines is 1. The van der Waals surface area contributed by atoms with Gasteiger partial charge in [0.25, 0.3) is 5.91 Å². The number of sulfone groups is 1. The van der Waals surface area contributed by atoms with Gasteiger partial charge in [-0.15, -0.1) is 0 Å². The molecule has 14 heteroatoms. The number of aliphatic hydroxyl groups is 1. The van der Waals surface area contributed by atoms with Crippen LogP contribution < -0.4 is 5.32 Å². The number of esters is 1. The number of methoxy groups -OCH3 is 1. The van der Waals surface area contributed by atoms with E-state index < -0.39 is 73.2 Å². The van der Waals surface area contributed by atoms with Gasteiger partial charge in [-0.1, -0.05) is 18.5 Å². The summed E-state index contributed by atoms with van der Waals surface area (Å²) in [5.41, 5.74) is -4.21. The molecule has 2 saturated carbocycles. The average Bonchev–Trinajstić information content (AvgIpc) is 3.31. The van der Waals surface area contributed by atoms with Crippen LogP contribution in [-0.4, -0.2) is 61.4 Å². The summed E-state index contributed by atoms with van der Waals surface area (Å²) in [7, 11) is -3.03. The Labute approximate surface area is 251 Å². The van der Waals surface area contributed by atoms with Gasteiger partial charge in [0.15, 0.2) is 33.1 Å². The van der Waals surface area contributed by atoms with E-state index in [0.717, 1.165) is 6.07 Å². The van der Waals surface area contributed by atoms with Gasteiger partial charge < -0.3 is 24.6 Å². The maximum atomic E-state index is 14.0. The second kappa shape index (κ2) is 10.7. The third-order valence-electron chi connectivity index (χ3n) is 8.98. The lowest BCUT2D eigenvalue weighted by Crippen LogP contribution is -2.69. The molecule has 43 heavy (non-hydrogen) atoms. The summed E-state index contributed by atoms with van der Waals surface area (Å²) >= 11 is 6.32. The summed E-state index contributed by atoms with van der Waals surface area (Å²) in [6.07, 6.45) is 0.333. The molecule has 0 spiro atoms. The molecule has 3 fully saturated rings. The molecule has 2 bridgehead atoms. The quantitative estimate of drug-likeness (QED) is 0.344. The zero-order chi connectivity index (χ0) is 31.7. The van der Waals surface area contributed by atoms with Crippen molar-refractivity contribution in [3.8, 4) is 0 Å². The number of rotatable bonds is 6. The van der Waals surface area contributed by atoms with Crippen molar-refractivity contribution in [3.05, 3.63) is 58.4 Å². The van der Waals surface area contributed by atoms with Gasteiger partial charge in [0.05, 0.1) is 28.9 Å². The molecule has 0 radical (unpaired) electrons. The van der Waals surface area contributed by atoms with Gasteiger partial charge in [0.2, 0.25) is 5.60 Å². The lowest BCUT2D eigenvalue weighted by molar-refractivity contribution is -0.248. The Morgan fingerprint density at radius 3 is 2.30 bits per heavy atom. The molecular weight excluding hydrogens is 615 g/mol. The number of ether oxygens (including phenoxy) is 3. The van der Waals surface area contributed by atoms with Crippen molar-refractivity contribution in [1.82, 2.24) is 0 Å². The van der Waals surface area contributed by atoms with Crippen LogP contribution in [0, 0.1) is 35.2 Å². The first-order chi connectivity index (χ1) is 20.0. The molecule has 9 nitrogen and oxygen atoms in total. The van der Waals surface area contributed by atoms with Gasteiger partial charge in [-0.3, -0.25) is 4.79 Å². The average molecular weight is 646 g/mol. The number of carbonyl (C=O) groups is 2. The van der Waals surface area contributed by atoms with Crippen molar-refractivity contribution in [2.75, 3.05) is 19.0 Å². The Balaban J connectivity index is 1.45. The lowest BCUT2D eigenvalue weighted by Gasteiger charge is -2.50. The monoisotopic (exact) mass is 645 g/mol. The predicted molar refractivity (Wildman–Crippen MR) is 148 cm³/mol. The Bertz CT molecular complexity index is 1580. The lowest BCUT2D eigenvalue weighted by atomic mass is 9.64. The second-order valence-corrected chi connectivity index (χ2v) is 14.5. The Hall–Kier alpha value is -2.71. The number of benzene rings is 2. The molecule has 2 unspecified atom stereocenters. The van der Waals surface area contributed by atoms with Crippen LogP contribution in [0.4, 0.5) is 18.9 Å². The van der Waals surface area contributed by atoms with Gasteiger partial charge >= 0.3 is 5.97 Å². The van der Waals surface area contributed by atoms with Crippen molar-refractivity contribution in [2.45, 2.75) is 67.2 Å². The SMILES string of the molecule is COC(=O)C1([C@@]2(O)[C@H]3CC(C)[C@@H]2C[C@@H](S(=O)(=O)c2cc(C(=O)Nc4cc(F)c(F)c(F)c4)ccc2Cl)C3)COC(C)(C)O1. The fraction of sp³-hybridized carbons (Fsp3) is 0.517. The molecule has 1 heterocycles. The Morgan fingerprint density at radius 2 is 1.74 bits per heavy atom. The minimum atomic E-state index is -4.21. The molecule has 2 aromatic rings. The summed E-state index contributed by atoms with van der Waals surface area (Å²) in [5.74, 6) is -9.22. The molecule has 1 aliphatic heterocycles. The van der Waals surface area contributed by atoms with Crippen molar-refractivity contribution in [1.29, 1.82) is 0 Å². The van der Waals surface area contributed by atoms with Crippen molar-refractivity contribution in [2.24, 2.45) is 17.8 Å². The Morgan fingerprint density at radius 1 is 1.09 bits per heavy atom. The zero-order valence-electron chi connectivity index (χ0n) is 23.7. The van der Waals surface area contributed by atoms with Gasteiger partial charge in [0.1, 0.15) is 5.60 Å². The number of amides is 1. The molecule has 6 atom stereocenters. The third-order valence-corrected chi connectivity index (χ3v) is 11.6. The van der Waals surface area contributed by atoms with E-state index in [9.17, 15) is 36.3 Å². The molecule has 0 aromatic heterocycles. The van der Waals surface area contributed by atoms with E-state index in [4.69, 9.17) is 25.8 Å². The maximum Gasteiger partial charge on any atom is 0.343 e. The summed E-state index contributed by atoms with van der Waals surface area (Å²) in [4.78, 5) is 25.7. The van der Waals surface area contributed by atoms with Crippen LogP contribution in [0.1, 0.15) is 50.4 Å². The summed E-state index contributed by atoms with van der Waals surface area (Å²) in [5, 5.41) is 13.3. The molecule has 5 rings (SSSR count). The van der Waals surface area contributed by atoms with Crippen LogP contribution in [0.3, 0.4) is 0 Å². The summed E-state index contributed by atoms with van der Waals surface area (Å²) in [6.45, 7) is 4.81. The van der Waals surface area contributed by atoms with Gasteiger partial charge in [-0.2, -0.15) is 0 Å². The first-order valence-corrected chi connectivity index (χ1v) is 15.5. The smallest absolute Gasteiger partial charge is 0.343 e. The van der Waals surface area contributed by atoms with Crippen LogP contribution in [0.15, 0.2) is 35.2 Å². The van der Waals surface area contributed by atoms with Crippen LogP contribution in [-0.2, 0) is 28.8 Å². The fourth-order valence-corrected chi connectivity index (χ4v) is 9.43. The van der Waals surface area contributed by atoms with E-state index in [1.807, 2.05) is 6.92 Å². The standard InChI is InChI=1S/C29H31ClF3NO8S/c1-14-7-16-9-18(12-19(14)29(16,37)28(26(36)40-4)13-41-27(2,3)42-28)43(38,39)23-8-15(5-6-20(23)30)25(35)34-17-10-21(31)24(33)22(32)11-17/h5-6,8,10-11,14,16,18-19,37H,7,9,12-13H2,1-4H3,(H,34,35)/t14?,16-,18-,19-,28?,29+/m0/s1. The van der Waals surface area contributed by atoms with Crippen LogP contribution >= 0.6 is 11.6 Å². The van der Waals surface area contributed by atoms with E-state index in [2.05, 4.69) is 5.32 Å². The first-order valence-electron chi connectivity index (χ1n) is 13.6. The molecule has 1 amide bonds. The molecule has 3 aliphatic rings. The minimum absolute atomic E-state index is 0.0386. The predicted octanol–water partition coefficient (Wildman–Crippen LogP) is 4.64. The highest BCUT2D eigenvalue weighted by atomic mass is 35.5. The van der Waals surface area contributed by atoms with Crippen molar-refractivity contribution < 1.29 is 50.5 Å². The highest BCUT2D eigenvalue weighted by Crippen LogP contribution is 2.61. The molecule has 2 aromatic carbocycles. The first kappa shape index (κ1) is 31.7. The number of nitrogens with one attached hydrogen (secondary N) is 1. The fourth-order valence-electron chi connectivity index (χ4n) is 7.05. The molecule has 1 saturated heterocycles. The van der Waals surface area contributed by atoms with Crippen LogP contribution in [0.5, 0.6) is 0 Å². The van der Waals surface area contributed by atoms with Crippen LogP contribution in [0.25, 0.3) is 0 Å². The molecule has 2 aliphatic carbocycles. The van der Waals surface area contributed by atoms with Crippen molar-refractivity contribution in [3.63, 3.8) is 0 Å². The summed E-state index contributed by atoms with van der Waals surface area (Å²) < 4.78 is 85.4. The van der Waals surface area contributed by atoms with E-state index in [1.165, 1.54) is 19.2 Å². The van der Waals surface area contributed by atoms with Gasteiger partial charge in [-0.05, 0) is 69.1 Å². The highest BCUT2D eigenvalue weighted by Gasteiger charge is 2.74. The largest absolute Gasteiger partial charge is 0.467 e. The highest BCUT2D eigenvalue weighted by molar-refractivity contribution is 7.92. The molecular formula is C29H31ClF3NO8S. The number of halogens is 4. The number of carbonyl (C=O) groups excluding carboxylic acids is 2. The van der Waals surface area contributed by atoms with E-state index >= 15 is 0 Å². The van der Waals surface area contributed by atoms with E-state index in [1.54, 1.807) is 13.8 Å². The van der Waals surface area contributed by atoms with Crippen molar-refractivity contribution >= 4 is 39.0 Å². The maximum absolute atomic E-state index is 14.0. The second-order valence-electron chi connectivity index (χ2n) is 11.9. The zero-order valence-corrected chi connectivity index (χ0v) is 25.3. The van der Waals surface area contributed by atoms with Crippen LogP contribution in [0.2, 0.25) is 5.02 Å². The third kappa shape index (κ3) is 5.02.